The number of thioether (sulfide) groups is 1. The molecule has 0 N–H and O–H groups in total. The molecular weight excluding hydrogens is 192 g/mol. The van der Waals surface area contributed by atoms with Gasteiger partial charge in [-0.25, -0.2) is 19.4 Å². The fourth-order valence-electron chi connectivity index (χ4n) is 0.466. The monoisotopic (exact) mass is 206 g/mol. The normalized spacial score (nSPS) is 11.9. The van der Waals surface area contributed by atoms with E-state index < -0.39 is 11.3 Å². The van der Waals surface area contributed by atoms with Gasteiger partial charge in [0.2, 0.25) is 0 Å². The van der Waals surface area contributed by atoms with Crippen LogP contribution >= 0.6 is 11.8 Å². The molecule has 1 unspecified atom stereocenters. The number of hydrogen-bond acceptors (Lipinski definition) is 5. The van der Waals surface area contributed by atoms with Crippen molar-refractivity contribution in [2.75, 3.05) is 5.75 Å². The molecule has 0 spiro atoms. The van der Waals surface area contributed by atoms with Crippen molar-refractivity contribution in [3.8, 4) is 0 Å². The van der Waals surface area contributed by atoms with Crippen LogP contribution in [0.5, 0.6) is 0 Å². The quantitative estimate of drug-likeness (QED) is 0.524. The Balaban J connectivity index is 3.63. The van der Waals surface area contributed by atoms with Gasteiger partial charge in [-0.2, -0.15) is 0 Å². The minimum absolute atomic E-state index is 0.237. The van der Waals surface area contributed by atoms with Gasteiger partial charge < -0.3 is 0 Å². The Labute approximate surface area is 81.9 Å². The van der Waals surface area contributed by atoms with Crippen molar-refractivity contribution >= 4 is 23.0 Å². The highest BCUT2D eigenvalue weighted by Gasteiger charge is 2.15. The Kier molecular flexibility index (Phi) is 6.40. The first-order valence-electron chi connectivity index (χ1n) is 4.16. The Morgan fingerprint density at radius 3 is 2.38 bits per heavy atom. The molecule has 0 rings (SSSR count). The molecule has 0 aliphatic carbocycles. The van der Waals surface area contributed by atoms with E-state index in [0.717, 1.165) is 11.8 Å². The molecule has 0 aliphatic rings. The first-order chi connectivity index (χ1) is 6.11. The van der Waals surface area contributed by atoms with E-state index in [1.165, 1.54) is 0 Å². The molecule has 0 amide bonds. The standard InChI is InChI=1S/C8H14O4S/c1-4-6(3)7(9)11-12-8(10)13-5-2/h6H,4-5H2,1-3H3. The third-order valence-corrected chi connectivity index (χ3v) is 2.06. The molecule has 76 valence electrons. The summed E-state index contributed by atoms with van der Waals surface area (Å²) >= 11 is 0.954. The van der Waals surface area contributed by atoms with Crippen LogP contribution in [0.15, 0.2) is 0 Å². The predicted octanol–water partition coefficient (Wildman–Crippen LogP) is 2.38. The van der Waals surface area contributed by atoms with Crippen molar-refractivity contribution in [2.45, 2.75) is 27.2 Å². The Morgan fingerprint density at radius 1 is 1.31 bits per heavy atom. The minimum atomic E-state index is -0.584. The minimum Gasteiger partial charge on any atom is -0.247 e. The highest BCUT2D eigenvalue weighted by atomic mass is 32.2. The van der Waals surface area contributed by atoms with E-state index in [2.05, 4.69) is 9.78 Å². The van der Waals surface area contributed by atoms with Gasteiger partial charge in [-0.05, 0) is 18.2 Å². The van der Waals surface area contributed by atoms with Gasteiger partial charge in [0.05, 0.1) is 5.92 Å². The second kappa shape index (κ2) is 6.77. The number of carbonyl (C=O) groups excluding carboxylic acids is 2. The summed E-state index contributed by atoms with van der Waals surface area (Å²) in [6, 6.07) is 0. The van der Waals surface area contributed by atoms with Crippen LogP contribution in [0.25, 0.3) is 0 Å². The molecule has 1 atom stereocenters. The molecule has 0 aliphatic heterocycles. The van der Waals surface area contributed by atoms with Crippen LogP contribution in [-0.4, -0.2) is 17.0 Å². The number of rotatable bonds is 3. The fraction of sp³-hybridized carbons (Fsp3) is 0.750. The van der Waals surface area contributed by atoms with Crippen molar-refractivity contribution < 1.29 is 19.4 Å². The van der Waals surface area contributed by atoms with Crippen molar-refractivity contribution in [1.82, 2.24) is 0 Å². The summed E-state index contributed by atoms with van der Waals surface area (Å²) in [5.74, 6) is -0.147. The summed E-state index contributed by atoms with van der Waals surface area (Å²) in [5.41, 5.74) is 0. The van der Waals surface area contributed by atoms with Crippen molar-refractivity contribution in [3.63, 3.8) is 0 Å². The summed E-state index contributed by atoms with van der Waals surface area (Å²) in [6.45, 7) is 5.38. The zero-order chi connectivity index (χ0) is 10.3. The van der Waals surface area contributed by atoms with Gasteiger partial charge in [0, 0.05) is 5.75 Å². The van der Waals surface area contributed by atoms with Gasteiger partial charge in [-0.1, -0.05) is 20.8 Å². The second-order valence-corrected chi connectivity index (χ2v) is 3.68. The lowest BCUT2D eigenvalue weighted by molar-refractivity contribution is -0.231. The van der Waals surface area contributed by atoms with Crippen LogP contribution in [0, 0.1) is 5.92 Å². The van der Waals surface area contributed by atoms with Gasteiger partial charge >= 0.3 is 11.3 Å². The lowest BCUT2D eigenvalue weighted by atomic mass is 10.1. The zero-order valence-corrected chi connectivity index (χ0v) is 8.85. The van der Waals surface area contributed by atoms with Crippen LogP contribution < -0.4 is 0 Å². The highest BCUT2D eigenvalue weighted by molar-refractivity contribution is 8.13. The van der Waals surface area contributed by atoms with E-state index in [4.69, 9.17) is 0 Å². The third kappa shape index (κ3) is 5.52. The molecule has 0 aromatic rings. The molecule has 0 radical (unpaired) electrons. The summed E-state index contributed by atoms with van der Waals surface area (Å²) in [5, 5.41) is -0.584. The molecule has 5 heteroatoms. The molecule has 0 saturated heterocycles. The molecule has 0 bridgehead atoms. The van der Waals surface area contributed by atoms with Gasteiger partial charge in [0.1, 0.15) is 0 Å². The molecule has 0 aromatic carbocycles. The van der Waals surface area contributed by atoms with Crippen LogP contribution in [0.2, 0.25) is 0 Å². The molecular formula is C8H14O4S. The predicted molar refractivity (Wildman–Crippen MR) is 50.2 cm³/mol. The Hall–Kier alpha value is -0.710. The second-order valence-electron chi connectivity index (χ2n) is 2.48. The van der Waals surface area contributed by atoms with E-state index in [1.54, 1.807) is 6.92 Å². The van der Waals surface area contributed by atoms with Crippen molar-refractivity contribution in [1.29, 1.82) is 0 Å². The summed E-state index contributed by atoms with van der Waals surface area (Å²) in [6.07, 6.45) is 0.664. The molecule has 0 fully saturated rings. The molecule has 0 heterocycles. The van der Waals surface area contributed by atoms with Crippen LogP contribution in [0.1, 0.15) is 27.2 Å². The van der Waals surface area contributed by atoms with Gasteiger partial charge in [-0.15, -0.1) is 0 Å². The fourth-order valence-corrected chi connectivity index (χ4v) is 0.784. The summed E-state index contributed by atoms with van der Waals surface area (Å²) in [7, 11) is 0. The maximum Gasteiger partial charge on any atom is 0.413 e. The number of carbonyl (C=O) groups is 2. The molecule has 4 nitrogen and oxygen atoms in total. The van der Waals surface area contributed by atoms with Gasteiger partial charge in [0.15, 0.2) is 0 Å². The molecule has 0 saturated carbocycles. The lowest BCUT2D eigenvalue weighted by Gasteiger charge is -2.05. The van der Waals surface area contributed by atoms with E-state index in [1.807, 2.05) is 13.8 Å². The van der Waals surface area contributed by atoms with Crippen LogP contribution in [-0.2, 0) is 14.6 Å². The van der Waals surface area contributed by atoms with E-state index >= 15 is 0 Å². The SMILES string of the molecule is CCSC(=O)OOC(=O)C(C)CC. The molecule has 0 aromatic heterocycles. The largest absolute Gasteiger partial charge is 0.413 e. The van der Waals surface area contributed by atoms with E-state index in [-0.39, 0.29) is 5.92 Å². The summed E-state index contributed by atoms with van der Waals surface area (Å²) < 4.78 is 0. The zero-order valence-electron chi connectivity index (χ0n) is 8.03. The first kappa shape index (κ1) is 12.3. The van der Waals surface area contributed by atoms with Crippen LogP contribution in [0.3, 0.4) is 0 Å². The smallest absolute Gasteiger partial charge is 0.247 e. The van der Waals surface area contributed by atoms with Gasteiger partial charge in [-0.3, -0.25) is 0 Å². The van der Waals surface area contributed by atoms with Crippen LogP contribution in [0.4, 0.5) is 4.79 Å². The summed E-state index contributed by atoms with van der Waals surface area (Å²) in [4.78, 5) is 30.2. The molecule has 13 heavy (non-hydrogen) atoms. The third-order valence-electron chi connectivity index (χ3n) is 1.47. The first-order valence-corrected chi connectivity index (χ1v) is 5.15. The lowest BCUT2D eigenvalue weighted by Crippen LogP contribution is -2.15. The average molecular weight is 206 g/mol. The highest BCUT2D eigenvalue weighted by Crippen LogP contribution is 2.07. The number of hydrogen-bond donors (Lipinski definition) is 0. The Bertz CT molecular complexity index is 181. The Morgan fingerprint density at radius 2 is 1.92 bits per heavy atom. The maximum absolute atomic E-state index is 11.0. The topological polar surface area (TPSA) is 52.6 Å². The van der Waals surface area contributed by atoms with Gasteiger partial charge in [0.25, 0.3) is 0 Å². The van der Waals surface area contributed by atoms with Crippen molar-refractivity contribution in [2.24, 2.45) is 5.92 Å². The van der Waals surface area contributed by atoms with E-state index in [0.29, 0.717) is 12.2 Å². The average Bonchev–Trinajstić information content (AvgIpc) is 2.13. The maximum atomic E-state index is 11.0. The van der Waals surface area contributed by atoms with E-state index in [9.17, 15) is 9.59 Å². The van der Waals surface area contributed by atoms with Crippen molar-refractivity contribution in [3.05, 3.63) is 0 Å².